The molecule has 0 atom stereocenters. The van der Waals surface area contributed by atoms with Crippen molar-refractivity contribution in [1.82, 2.24) is 19.5 Å². The third-order valence-corrected chi connectivity index (χ3v) is 6.32. The molecule has 0 unspecified atom stereocenters. The molecule has 2 aromatic heterocycles. The molecule has 4 aromatic rings. The zero-order valence-corrected chi connectivity index (χ0v) is 17.6. The lowest BCUT2D eigenvalue weighted by Crippen LogP contribution is -2.38. The highest BCUT2D eigenvalue weighted by Gasteiger charge is 2.26. The molecule has 2 amide bonds. The molecule has 0 radical (unpaired) electrons. The highest BCUT2D eigenvalue weighted by atomic mass is 32.1. The Hall–Kier alpha value is -3.39. The second kappa shape index (κ2) is 7.46. The molecular weight excluding hydrogens is 398 g/mol. The average molecular weight is 420 g/mol. The molecule has 1 aliphatic heterocycles. The first-order chi connectivity index (χ1) is 14.6. The number of amides is 2. The Bertz CT molecular complexity index is 1210. The van der Waals surface area contributed by atoms with Crippen LogP contribution in [0.2, 0.25) is 0 Å². The lowest BCUT2D eigenvalue weighted by molar-refractivity contribution is 0.206. The van der Waals surface area contributed by atoms with Gasteiger partial charge in [-0.05, 0) is 31.2 Å². The van der Waals surface area contributed by atoms with Crippen molar-refractivity contribution in [3.05, 3.63) is 64.7 Å². The fourth-order valence-electron chi connectivity index (χ4n) is 3.56. The van der Waals surface area contributed by atoms with Gasteiger partial charge in [-0.25, -0.2) is 9.31 Å². The lowest BCUT2D eigenvalue weighted by Gasteiger charge is -2.26. The van der Waals surface area contributed by atoms with Crippen LogP contribution in [0.3, 0.4) is 0 Å². The van der Waals surface area contributed by atoms with Gasteiger partial charge in [-0.15, -0.1) is 5.10 Å². The number of methoxy groups -OCH3 is 1. The third kappa shape index (κ3) is 3.39. The van der Waals surface area contributed by atoms with E-state index in [4.69, 9.17) is 14.8 Å². The van der Waals surface area contributed by atoms with Crippen molar-refractivity contribution in [3.63, 3.8) is 0 Å². The topological polar surface area (TPSA) is 71.8 Å². The van der Waals surface area contributed by atoms with E-state index in [9.17, 15) is 4.79 Å². The summed E-state index contributed by atoms with van der Waals surface area (Å²) in [6.45, 7) is 3.27. The first-order valence-electron chi connectivity index (χ1n) is 9.75. The van der Waals surface area contributed by atoms with Gasteiger partial charge in [0.15, 0.2) is 5.82 Å². The number of urea groups is 1. The molecule has 152 valence electrons. The molecule has 0 saturated carbocycles. The summed E-state index contributed by atoms with van der Waals surface area (Å²) in [7, 11) is 1.62. The quantitative estimate of drug-likeness (QED) is 0.535. The first-order valence-corrected chi connectivity index (χ1v) is 10.6. The van der Waals surface area contributed by atoms with E-state index in [1.165, 1.54) is 5.56 Å². The van der Waals surface area contributed by atoms with Crippen LogP contribution in [0.1, 0.15) is 16.1 Å². The Morgan fingerprint density at radius 2 is 1.90 bits per heavy atom. The van der Waals surface area contributed by atoms with Crippen LogP contribution >= 0.6 is 11.3 Å². The summed E-state index contributed by atoms with van der Waals surface area (Å²) in [5.41, 5.74) is 4.12. The van der Waals surface area contributed by atoms with E-state index in [1.807, 2.05) is 45.8 Å². The van der Waals surface area contributed by atoms with Gasteiger partial charge >= 0.3 is 6.03 Å². The SMILES string of the molecule is COc1ccc(NC(=O)N2CCc3c(sc4nc(-c5ccc(C)cc5)nn34)C2)cc1. The molecule has 0 bridgehead atoms. The van der Waals surface area contributed by atoms with Gasteiger partial charge in [0.05, 0.1) is 19.3 Å². The second-order valence-corrected chi connectivity index (χ2v) is 8.36. The average Bonchev–Trinajstić information content (AvgIpc) is 3.32. The molecule has 5 rings (SSSR count). The molecule has 1 N–H and O–H groups in total. The minimum absolute atomic E-state index is 0.106. The maximum Gasteiger partial charge on any atom is 0.322 e. The summed E-state index contributed by atoms with van der Waals surface area (Å²) in [6.07, 6.45) is 0.752. The number of hydrogen-bond donors (Lipinski definition) is 1. The van der Waals surface area contributed by atoms with Crippen molar-refractivity contribution >= 4 is 28.0 Å². The molecule has 7 nitrogen and oxygen atoms in total. The minimum atomic E-state index is -0.106. The monoisotopic (exact) mass is 419 g/mol. The fourth-order valence-corrected chi connectivity index (χ4v) is 4.68. The van der Waals surface area contributed by atoms with Gasteiger partial charge in [0.2, 0.25) is 4.96 Å². The molecule has 8 heteroatoms. The van der Waals surface area contributed by atoms with E-state index < -0.39 is 0 Å². The van der Waals surface area contributed by atoms with Crippen molar-refractivity contribution in [3.8, 4) is 17.1 Å². The molecule has 0 spiro atoms. The Morgan fingerprint density at radius 3 is 2.63 bits per heavy atom. The van der Waals surface area contributed by atoms with Gasteiger partial charge in [-0.1, -0.05) is 41.2 Å². The summed E-state index contributed by atoms with van der Waals surface area (Å²) >= 11 is 1.60. The minimum Gasteiger partial charge on any atom is -0.497 e. The number of aryl methyl sites for hydroxylation is 1. The van der Waals surface area contributed by atoms with E-state index >= 15 is 0 Å². The van der Waals surface area contributed by atoms with Gasteiger partial charge in [-0.2, -0.15) is 4.98 Å². The highest BCUT2D eigenvalue weighted by molar-refractivity contribution is 7.17. The van der Waals surface area contributed by atoms with Crippen LogP contribution in [0.5, 0.6) is 5.75 Å². The Balaban J connectivity index is 1.33. The van der Waals surface area contributed by atoms with E-state index in [1.54, 1.807) is 18.4 Å². The number of anilines is 1. The van der Waals surface area contributed by atoms with Crippen molar-refractivity contribution in [2.45, 2.75) is 19.9 Å². The number of carbonyl (C=O) groups is 1. The summed E-state index contributed by atoms with van der Waals surface area (Å²) in [4.78, 5) is 21.2. The number of nitrogens with zero attached hydrogens (tertiary/aromatic N) is 4. The van der Waals surface area contributed by atoms with Gasteiger partial charge in [0, 0.05) is 29.1 Å². The van der Waals surface area contributed by atoms with Crippen LogP contribution in [0.15, 0.2) is 48.5 Å². The van der Waals surface area contributed by atoms with Crippen LogP contribution in [0, 0.1) is 6.92 Å². The molecule has 0 saturated heterocycles. The van der Waals surface area contributed by atoms with Gasteiger partial charge in [0.25, 0.3) is 0 Å². The summed E-state index contributed by atoms with van der Waals surface area (Å²) in [6, 6.07) is 15.5. The molecule has 3 heterocycles. The Kier molecular flexibility index (Phi) is 4.63. The molecule has 0 fully saturated rings. The van der Waals surface area contributed by atoms with E-state index in [0.717, 1.165) is 44.8 Å². The highest BCUT2D eigenvalue weighted by Crippen LogP contribution is 2.30. The fraction of sp³-hybridized carbons (Fsp3) is 0.227. The van der Waals surface area contributed by atoms with Gasteiger partial charge < -0.3 is 15.0 Å². The summed E-state index contributed by atoms with van der Waals surface area (Å²) in [5.74, 6) is 1.50. The van der Waals surface area contributed by atoms with Crippen LogP contribution in [0.4, 0.5) is 10.5 Å². The van der Waals surface area contributed by atoms with Crippen LogP contribution in [-0.4, -0.2) is 39.2 Å². The maximum atomic E-state index is 12.7. The van der Waals surface area contributed by atoms with Crippen LogP contribution in [0.25, 0.3) is 16.3 Å². The maximum absolute atomic E-state index is 12.7. The summed E-state index contributed by atoms with van der Waals surface area (Å²) in [5, 5.41) is 7.68. The van der Waals surface area contributed by atoms with Gasteiger partial charge in [0.1, 0.15) is 5.75 Å². The number of fused-ring (bicyclic) bond motifs is 3. The number of hydrogen-bond acceptors (Lipinski definition) is 5. The van der Waals surface area contributed by atoms with Crippen molar-refractivity contribution in [2.75, 3.05) is 19.0 Å². The van der Waals surface area contributed by atoms with Crippen molar-refractivity contribution in [1.29, 1.82) is 0 Å². The normalized spacial score (nSPS) is 13.3. The molecule has 30 heavy (non-hydrogen) atoms. The Labute approximate surface area is 177 Å². The smallest absolute Gasteiger partial charge is 0.322 e. The zero-order valence-electron chi connectivity index (χ0n) is 16.8. The van der Waals surface area contributed by atoms with Crippen LogP contribution in [-0.2, 0) is 13.0 Å². The number of thiazole rings is 1. The third-order valence-electron chi connectivity index (χ3n) is 5.26. The standard InChI is InChI=1S/C22H21N5O2S/c1-14-3-5-15(6-4-14)20-24-22-27(25-20)18-11-12-26(13-19(18)30-22)21(28)23-16-7-9-17(29-2)10-8-16/h3-10H,11-13H2,1-2H3,(H,23,28). The molecule has 2 aromatic carbocycles. The molecule has 0 aliphatic carbocycles. The Morgan fingerprint density at radius 1 is 1.13 bits per heavy atom. The van der Waals surface area contributed by atoms with Gasteiger partial charge in [-0.3, -0.25) is 0 Å². The number of carbonyl (C=O) groups excluding carboxylic acids is 1. The first kappa shape index (κ1) is 18.6. The number of ether oxygens (including phenoxy) is 1. The van der Waals surface area contributed by atoms with E-state index in [0.29, 0.717) is 13.1 Å². The van der Waals surface area contributed by atoms with E-state index in [2.05, 4.69) is 24.4 Å². The summed E-state index contributed by atoms with van der Waals surface area (Å²) < 4.78 is 7.09. The molecule has 1 aliphatic rings. The van der Waals surface area contributed by atoms with E-state index in [-0.39, 0.29) is 6.03 Å². The van der Waals surface area contributed by atoms with Crippen molar-refractivity contribution in [2.24, 2.45) is 0 Å². The second-order valence-electron chi connectivity index (χ2n) is 7.30. The molecular formula is C22H21N5O2S. The van der Waals surface area contributed by atoms with Crippen molar-refractivity contribution < 1.29 is 9.53 Å². The number of aromatic nitrogens is 3. The number of rotatable bonds is 3. The van der Waals surface area contributed by atoms with Crippen LogP contribution < -0.4 is 10.1 Å². The predicted octanol–water partition coefficient (Wildman–Crippen LogP) is 4.37. The zero-order chi connectivity index (χ0) is 20.7. The number of benzene rings is 2. The lowest BCUT2D eigenvalue weighted by atomic mass is 10.1. The predicted molar refractivity (Wildman–Crippen MR) is 117 cm³/mol. The number of nitrogens with one attached hydrogen (secondary N) is 1. The largest absolute Gasteiger partial charge is 0.497 e.